The third kappa shape index (κ3) is 1.31. The molecule has 2 nitrogen and oxygen atoms in total. The van der Waals surface area contributed by atoms with Gasteiger partial charge in [0.05, 0.1) is 11.4 Å². The summed E-state index contributed by atoms with van der Waals surface area (Å²) in [5.74, 6) is 1.33. The molecule has 2 heterocycles. The molecule has 2 aliphatic rings. The van der Waals surface area contributed by atoms with Crippen LogP contribution in [-0.2, 0) is 0 Å². The highest BCUT2D eigenvalue weighted by atomic mass is 32.2. The van der Waals surface area contributed by atoms with Gasteiger partial charge in [0.15, 0.2) is 0 Å². The minimum Gasteiger partial charge on any atom is -0.299 e. The molecule has 0 atom stereocenters. The van der Waals surface area contributed by atoms with Crippen LogP contribution in [-0.4, -0.2) is 25.0 Å². The Bertz CT molecular complexity index is 92.2. The second kappa shape index (κ2) is 3.11. The van der Waals surface area contributed by atoms with E-state index in [1.54, 1.807) is 5.25 Å². The Morgan fingerprint density at radius 2 is 2.10 bits per heavy atom. The summed E-state index contributed by atoms with van der Waals surface area (Å²) in [7, 11) is 0. The molecule has 2 saturated heterocycles. The fourth-order valence-corrected chi connectivity index (χ4v) is 2.66. The molecule has 0 amide bonds. The van der Waals surface area contributed by atoms with Crippen LogP contribution in [0.15, 0.2) is 0 Å². The van der Waals surface area contributed by atoms with Crippen molar-refractivity contribution >= 4 is 11.8 Å². The van der Waals surface area contributed by atoms with Crippen LogP contribution in [0.1, 0.15) is 12.8 Å². The summed E-state index contributed by atoms with van der Waals surface area (Å²) in [6.07, 6.45) is 3.22. The first-order valence-electron chi connectivity index (χ1n) is 3.92. The molecular weight excluding hydrogens is 144 g/mol. The standard InChI is InChI=1S/C7H13N2S/c1-2-6(10-5-1)7-8-3-4-9-7/h7-9H,1-5H2. The van der Waals surface area contributed by atoms with Crippen molar-refractivity contribution in [1.82, 2.24) is 10.6 Å². The van der Waals surface area contributed by atoms with Crippen molar-refractivity contribution in [2.75, 3.05) is 18.8 Å². The summed E-state index contributed by atoms with van der Waals surface area (Å²) in [5.41, 5.74) is 0. The van der Waals surface area contributed by atoms with Crippen molar-refractivity contribution < 1.29 is 0 Å². The molecule has 2 aliphatic heterocycles. The lowest BCUT2D eigenvalue weighted by molar-refractivity contribution is 0.588. The number of hydrogen-bond donors (Lipinski definition) is 2. The summed E-state index contributed by atoms with van der Waals surface area (Å²) >= 11 is 2.03. The van der Waals surface area contributed by atoms with Crippen molar-refractivity contribution in [2.24, 2.45) is 0 Å². The number of hydrogen-bond acceptors (Lipinski definition) is 3. The smallest absolute Gasteiger partial charge is 0.0738 e. The zero-order valence-electron chi connectivity index (χ0n) is 6.02. The number of nitrogens with one attached hydrogen (secondary N) is 2. The molecule has 57 valence electrons. The van der Waals surface area contributed by atoms with Crippen LogP contribution in [0.3, 0.4) is 0 Å². The predicted molar refractivity (Wildman–Crippen MR) is 44.7 cm³/mol. The van der Waals surface area contributed by atoms with E-state index in [1.165, 1.54) is 18.6 Å². The lowest BCUT2D eigenvalue weighted by Gasteiger charge is -2.16. The van der Waals surface area contributed by atoms with Crippen molar-refractivity contribution in [3.63, 3.8) is 0 Å². The summed E-state index contributed by atoms with van der Waals surface area (Å²) in [6, 6.07) is 0. The quantitative estimate of drug-likeness (QED) is 0.582. The average Bonchev–Trinajstić information content (AvgIpc) is 2.59. The zero-order chi connectivity index (χ0) is 6.81. The highest BCUT2D eigenvalue weighted by Gasteiger charge is 2.27. The van der Waals surface area contributed by atoms with Crippen LogP contribution < -0.4 is 10.6 Å². The molecule has 2 fully saturated rings. The first kappa shape index (κ1) is 6.95. The Hall–Kier alpha value is 0.270. The van der Waals surface area contributed by atoms with E-state index in [2.05, 4.69) is 10.6 Å². The topological polar surface area (TPSA) is 24.1 Å². The third-order valence-corrected chi connectivity index (χ3v) is 3.30. The fraction of sp³-hybridized carbons (Fsp3) is 0.857. The minimum atomic E-state index is 0.535. The Balaban J connectivity index is 1.85. The second-order valence-corrected chi connectivity index (χ2v) is 3.98. The molecule has 0 aromatic heterocycles. The Morgan fingerprint density at radius 3 is 2.70 bits per heavy atom. The zero-order valence-corrected chi connectivity index (χ0v) is 6.84. The highest BCUT2D eigenvalue weighted by Crippen LogP contribution is 2.35. The SMILES string of the molecule is C1CS[C](C2NCCN2)C1. The molecule has 0 unspecified atom stereocenters. The summed E-state index contributed by atoms with van der Waals surface area (Å²) in [5, 5.41) is 8.48. The van der Waals surface area contributed by atoms with Gasteiger partial charge in [-0.1, -0.05) is 0 Å². The van der Waals surface area contributed by atoms with Crippen molar-refractivity contribution in [2.45, 2.75) is 19.0 Å². The van der Waals surface area contributed by atoms with Gasteiger partial charge in [0.1, 0.15) is 0 Å². The summed E-state index contributed by atoms with van der Waals surface area (Å²) in [4.78, 5) is 0. The van der Waals surface area contributed by atoms with E-state index < -0.39 is 0 Å². The summed E-state index contributed by atoms with van der Waals surface area (Å²) < 4.78 is 0. The Kier molecular flexibility index (Phi) is 2.16. The molecule has 0 saturated carbocycles. The van der Waals surface area contributed by atoms with E-state index in [0.29, 0.717) is 6.17 Å². The van der Waals surface area contributed by atoms with E-state index in [0.717, 1.165) is 13.1 Å². The normalized spacial score (nSPS) is 30.0. The van der Waals surface area contributed by atoms with E-state index in [4.69, 9.17) is 0 Å². The van der Waals surface area contributed by atoms with Gasteiger partial charge in [0.2, 0.25) is 0 Å². The molecule has 0 spiro atoms. The van der Waals surface area contributed by atoms with Crippen LogP contribution in [0, 0.1) is 5.25 Å². The molecule has 2 N–H and O–H groups in total. The van der Waals surface area contributed by atoms with Crippen molar-refractivity contribution in [1.29, 1.82) is 0 Å². The van der Waals surface area contributed by atoms with Crippen LogP contribution in [0.2, 0.25) is 0 Å². The maximum Gasteiger partial charge on any atom is 0.0738 e. The molecular formula is C7H13N2S. The predicted octanol–water partition coefficient (Wildman–Crippen LogP) is 0.564. The minimum absolute atomic E-state index is 0.535. The first-order valence-corrected chi connectivity index (χ1v) is 4.91. The molecule has 0 aromatic carbocycles. The molecule has 0 bridgehead atoms. The molecule has 1 radical (unpaired) electrons. The van der Waals surface area contributed by atoms with Crippen molar-refractivity contribution in [3.05, 3.63) is 5.25 Å². The Morgan fingerprint density at radius 1 is 1.30 bits per heavy atom. The van der Waals surface area contributed by atoms with Gasteiger partial charge in [-0.25, -0.2) is 0 Å². The lowest BCUT2D eigenvalue weighted by atomic mass is 10.2. The first-order chi connectivity index (χ1) is 4.97. The van der Waals surface area contributed by atoms with Gasteiger partial charge in [0.25, 0.3) is 0 Å². The van der Waals surface area contributed by atoms with E-state index in [1.807, 2.05) is 11.8 Å². The van der Waals surface area contributed by atoms with Gasteiger partial charge >= 0.3 is 0 Å². The van der Waals surface area contributed by atoms with Gasteiger partial charge in [-0.3, -0.25) is 10.6 Å². The maximum atomic E-state index is 3.43. The van der Waals surface area contributed by atoms with Gasteiger partial charge in [-0.15, -0.1) is 0 Å². The monoisotopic (exact) mass is 157 g/mol. The Labute approximate surface area is 66.1 Å². The molecule has 0 aliphatic carbocycles. The van der Waals surface area contributed by atoms with E-state index in [9.17, 15) is 0 Å². The largest absolute Gasteiger partial charge is 0.299 e. The van der Waals surface area contributed by atoms with Crippen LogP contribution in [0.4, 0.5) is 0 Å². The second-order valence-electron chi connectivity index (χ2n) is 2.76. The van der Waals surface area contributed by atoms with E-state index in [-0.39, 0.29) is 0 Å². The molecule has 0 aromatic rings. The average molecular weight is 157 g/mol. The molecule has 10 heavy (non-hydrogen) atoms. The number of thioether (sulfide) groups is 1. The van der Waals surface area contributed by atoms with Crippen LogP contribution in [0.5, 0.6) is 0 Å². The summed E-state index contributed by atoms with van der Waals surface area (Å²) in [6.45, 7) is 2.27. The van der Waals surface area contributed by atoms with Gasteiger partial charge in [-0.2, -0.15) is 11.8 Å². The van der Waals surface area contributed by atoms with Crippen LogP contribution >= 0.6 is 11.8 Å². The highest BCUT2D eigenvalue weighted by molar-refractivity contribution is 8.02. The van der Waals surface area contributed by atoms with Crippen LogP contribution in [0.25, 0.3) is 0 Å². The van der Waals surface area contributed by atoms with Gasteiger partial charge < -0.3 is 0 Å². The molecule has 2 rings (SSSR count). The fourth-order valence-electron chi connectivity index (χ4n) is 1.48. The lowest BCUT2D eigenvalue weighted by Crippen LogP contribution is -2.35. The van der Waals surface area contributed by atoms with E-state index >= 15 is 0 Å². The third-order valence-electron chi connectivity index (χ3n) is 2.00. The van der Waals surface area contributed by atoms with Gasteiger partial charge in [0, 0.05) is 13.1 Å². The molecule has 3 heteroatoms. The number of rotatable bonds is 1. The maximum absolute atomic E-state index is 3.43. The van der Waals surface area contributed by atoms with Gasteiger partial charge in [-0.05, 0) is 18.6 Å². The van der Waals surface area contributed by atoms with Crippen molar-refractivity contribution in [3.8, 4) is 0 Å².